The van der Waals surface area contributed by atoms with E-state index in [1.807, 2.05) is 10.6 Å². The van der Waals surface area contributed by atoms with Gasteiger partial charge in [0, 0.05) is 0 Å². The van der Waals surface area contributed by atoms with Crippen molar-refractivity contribution in [2.24, 2.45) is 0 Å². The summed E-state index contributed by atoms with van der Waals surface area (Å²) in [6.45, 7) is 0. The van der Waals surface area contributed by atoms with Crippen LogP contribution in [0.4, 0.5) is 4.79 Å². The minimum absolute atomic E-state index is 0.258. The van der Waals surface area contributed by atoms with Crippen molar-refractivity contribution in [1.29, 1.82) is 0 Å². The second-order valence-electron chi connectivity index (χ2n) is 3.72. The zero-order valence-electron chi connectivity index (χ0n) is 8.67. The molecule has 4 amide bonds. The van der Waals surface area contributed by atoms with Gasteiger partial charge in [0.15, 0.2) is 0 Å². The van der Waals surface area contributed by atoms with E-state index in [1.54, 1.807) is 0 Å². The smallest absolute Gasteiger partial charge is 0.277 e. The van der Waals surface area contributed by atoms with Crippen molar-refractivity contribution in [2.75, 3.05) is 0 Å². The Bertz CT molecular complexity index is 203. The van der Waals surface area contributed by atoms with E-state index in [9.17, 15) is 14.4 Å². The number of rotatable bonds is 0. The normalized spacial score (nSPS) is 20.9. The summed E-state index contributed by atoms with van der Waals surface area (Å²) in [5.74, 6) is -1.10. The lowest BCUT2D eigenvalue weighted by Gasteiger charge is -2.09. The highest BCUT2D eigenvalue weighted by Gasteiger charge is 2.20. The number of urea groups is 1. The molecule has 0 aromatic rings. The summed E-state index contributed by atoms with van der Waals surface area (Å²) in [6.07, 6.45) is 8.74. The molecule has 84 valence electrons. The first-order valence-electron chi connectivity index (χ1n) is 5.32. The highest BCUT2D eigenvalue weighted by molar-refractivity contribution is 6.14. The van der Waals surface area contributed by atoms with Gasteiger partial charge in [-0.05, 0) is 0 Å². The van der Waals surface area contributed by atoms with E-state index in [0.717, 1.165) is 0 Å². The molecule has 1 saturated carbocycles. The van der Waals surface area contributed by atoms with Crippen LogP contribution in [-0.4, -0.2) is 17.8 Å². The lowest BCUT2D eigenvalue weighted by molar-refractivity contribution is -0.129. The van der Waals surface area contributed by atoms with Crippen LogP contribution >= 0.6 is 0 Å². The predicted octanol–water partition coefficient (Wildman–Crippen LogP) is 1.08. The molecule has 2 fully saturated rings. The minimum atomic E-state index is -0.740. The number of imide groups is 2. The maximum absolute atomic E-state index is 10.3. The largest absolute Gasteiger partial charge is 0.328 e. The van der Waals surface area contributed by atoms with Crippen molar-refractivity contribution < 1.29 is 14.4 Å². The number of carbonyl (C=O) groups is 3. The first kappa shape index (κ1) is 11.7. The maximum Gasteiger partial charge on any atom is 0.328 e. The SMILES string of the molecule is C1CCCCC1.O=C1CC(=O)NC(=O)N1. The zero-order valence-corrected chi connectivity index (χ0v) is 8.67. The van der Waals surface area contributed by atoms with Gasteiger partial charge < -0.3 is 0 Å². The fourth-order valence-electron chi connectivity index (χ4n) is 1.58. The fraction of sp³-hybridized carbons (Fsp3) is 0.700. The summed E-state index contributed by atoms with van der Waals surface area (Å²) in [4.78, 5) is 30.8. The highest BCUT2D eigenvalue weighted by Crippen LogP contribution is 2.15. The van der Waals surface area contributed by atoms with Crippen LogP contribution in [0, 0.1) is 0 Å². The monoisotopic (exact) mass is 212 g/mol. The molecule has 2 rings (SSSR count). The average Bonchev–Trinajstić information content (AvgIpc) is 2.19. The Balaban J connectivity index is 0.000000162. The molecular formula is C10H16N2O3. The summed E-state index contributed by atoms with van der Waals surface area (Å²) < 4.78 is 0. The molecule has 5 nitrogen and oxygen atoms in total. The zero-order chi connectivity index (χ0) is 11.1. The van der Waals surface area contributed by atoms with Crippen molar-refractivity contribution in [1.82, 2.24) is 10.6 Å². The molecule has 0 atom stereocenters. The van der Waals surface area contributed by atoms with E-state index in [4.69, 9.17) is 0 Å². The molecule has 2 N–H and O–H groups in total. The van der Waals surface area contributed by atoms with Gasteiger partial charge in [0.25, 0.3) is 0 Å². The van der Waals surface area contributed by atoms with Crippen LogP contribution in [0.2, 0.25) is 0 Å². The number of nitrogens with one attached hydrogen (secondary N) is 2. The molecule has 1 heterocycles. The summed E-state index contributed by atoms with van der Waals surface area (Å²) in [6, 6.07) is -0.740. The van der Waals surface area contributed by atoms with Gasteiger partial charge in [0.1, 0.15) is 6.42 Å². The second kappa shape index (κ2) is 6.16. The molecule has 1 aliphatic carbocycles. The molecule has 1 aliphatic heterocycles. The van der Waals surface area contributed by atoms with Crippen molar-refractivity contribution in [3.05, 3.63) is 0 Å². The van der Waals surface area contributed by atoms with Gasteiger partial charge in [-0.2, -0.15) is 0 Å². The molecule has 15 heavy (non-hydrogen) atoms. The molecule has 1 saturated heterocycles. The van der Waals surface area contributed by atoms with Gasteiger partial charge in [0.05, 0.1) is 0 Å². The topological polar surface area (TPSA) is 75.3 Å². The summed E-state index contributed by atoms with van der Waals surface area (Å²) >= 11 is 0. The van der Waals surface area contributed by atoms with Crippen LogP contribution in [0.5, 0.6) is 0 Å². The van der Waals surface area contributed by atoms with Gasteiger partial charge in [0.2, 0.25) is 11.8 Å². The fourth-order valence-corrected chi connectivity index (χ4v) is 1.58. The van der Waals surface area contributed by atoms with Gasteiger partial charge in [-0.25, -0.2) is 4.79 Å². The average molecular weight is 212 g/mol. The van der Waals surface area contributed by atoms with Crippen molar-refractivity contribution >= 4 is 17.8 Å². The van der Waals surface area contributed by atoms with Crippen molar-refractivity contribution in [2.45, 2.75) is 44.9 Å². The molecule has 0 spiro atoms. The Morgan fingerprint density at radius 1 is 0.667 bits per heavy atom. The van der Waals surface area contributed by atoms with Gasteiger partial charge in [-0.15, -0.1) is 0 Å². The summed E-state index contributed by atoms with van der Waals surface area (Å²) in [5.41, 5.74) is 0. The van der Waals surface area contributed by atoms with Gasteiger partial charge in [-0.3, -0.25) is 20.2 Å². The Morgan fingerprint density at radius 3 is 1.27 bits per heavy atom. The minimum Gasteiger partial charge on any atom is -0.277 e. The van der Waals surface area contributed by atoms with Crippen molar-refractivity contribution in [3.8, 4) is 0 Å². The van der Waals surface area contributed by atoms with E-state index in [1.165, 1.54) is 38.5 Å². The third kappa shape index (κ3) is 5.15. The van der Waals surface area contributed by atoms with E-state index >= 15 is 0 Å². The Labute approximate surface area is 88.6 Å². The van der Waals surface area contributed by atoms with Crippen molar-refractivity contribution in [3.63, 3.8) is 0 Å². The highest BCUT2D eigenvalue weighted by atomic mass is 16.2. The second-order valence-corrected chi connectivity index (χ2v) is 3.72. The van der Waals surface area contributed by atoms with Gasteiger partial charge in [-0.1, -0.05) is 38.5 Å². The molecule has 5 heteroatoms. The first-order chi connectivity index (χ1) is 7.18. The van der Waals surface area contributed by atoms with E-state index < -0.39 is 17.8 Å². The quantitative estimate of drug-likeness (QED) is 0.590. The number of barbiturate groups is 1. The van der Waals surface area contributed by atoms with Crippen LogP contribution in [0.3, 0.4) is 0 Å². The number of amides is 4. The van der Waals surface area contributed by atoms with Gasteiger partial charge >= 0.3 is 6.03 Å². The molecule has 0 aromatic heterocycles. The Hall–Kier alpha value is -1.39. The molecule has 0 unspecified atom stereocenters. The number of hydrogen-bond acceptors (Lipinski definition) is 3. The first-order valence-corrected chi connectivity index (χ1v) is 5.32. The summed E-state index contributed by atoms with van der Waals surface area (Å²) in [7, 11) is 0. The van der Waals surface area contributed by atoms with Crippen LogP contribution in [-0.2, 0) is 9.59 Å². The third-order valence-electron chi connectivity index (χ3n) is 2.33. The van der Waals surface area contributed by atoms with Crippen LogP contribution < -0.4 is 10.6 Å². The van der Waals surface area contributed by atoms with Crippen LogP contribution in [0.25, 0.3) is 0 Å². The predicted molar refractivity (Wildman–Crippen MR) is 54.0 cm³/mol. The molecular weight excluding hydrogens is 196 g/mol. The lowest BCUT2D eigenvalue weighted by atomic mass is 10.0. The molecule has 0 aromatic carbocycles. The number of hydrogen-bond donors (Lipinski definition) is 2. The van der Waals surface area contributed by atoms with Crippen LogP contribution in [0.1, 0.15) is 44.9 Å². The van der Waals surface area contributed by atoms with Crippen LogP contribution in [0.15, 0.2) is 0 Å². The lowest BCUT2D eigenvalue weighted by Crippen LogP contribution is -2.49. The number of carbonyl (C=O) groups excluding carboxylic acids is 3. The van der Waals surface area contributed by atoms with E-state index in [2.05, 4.69) is 0 Å². The Kier molecular flexibility index (Phi) is 4.80. The van der Waals surface area contributed by atoms with E-state index in [-0.39, 0.29) is 6.42 Å². The molecule has 0 radical (unpaired) electrons. The molecule has 0 bridgehead atoms. The standard InChI is InChI=1S/C6H12.C4H4N2O3/c1-2-4-6-5-3-1;7-2-1-3(8)6-4(9)5-2/h1-6H2;1H2,(H2,5,6,7,8,9). The third-order valence-corrected chi connectivity index (χ3v) is 2.33. The maximum atomic E-state index is 10.3. The molecule has 2 aliphatic rings. The Morgan fingerprint density at radius 2 is 1.00 bits per heavy atom. The summed E-state index contributed by atoms with van der Waals surface area (Å²) in [5, 5.41) is 3.80. The van der Waals surface area contributed by atoms with E-state index in [0.29, 0.717) is 0 Å².